The molecular formula is C28H38N2O7. The average molecular weight is 515 g/mol. The van der Waals surface area contributed by atoms with Crippen LogP contribution in [0.3, 0.4) is 0 Å². The average Bonchev–Trinajstić information content (AvgIpc) is 2.90. The number of nitrogens with one attached hydrogen (secondary N) is 1. The van der Waals surface area contributed by atoms with Crippen LogP contribution in [-0.4, -0.2) is 62.1 Å². The maximum atomic E-state index is 13.4. The van der Waals surface area contributed by atoms with E-state index in [9.17, 15) is 19.2 Å². The van der Waals surface area contributed by atoms with Gasteiger partial charge < -0.3 is 24.4 Å². The number of esters is 2. The number of fused-ring (bicyclic) bond motifs is 1. The van der Waals surface area contributed by atoms with Gasteiger partial charge >= 0.3 is 11.9 Å². The van der Waals surface area contributed by atoms with Gasteiger partial charge in [-0.2, -0.15) is 0 Å². The minimum Gasteiger partial charge on any atom is -0.496 e. The molecule has 0 saturated carbocycles. The van der Waals surface area contributed by atoms with Crippen molar-refractivity contribution < 1.29 is 33.4 Å². The lowest BCUT2D eigenvalue weighted by molar-refractivity contribution is -0.162. The number of hydrogen-bond donors (Lipinski definition) is 1. The normalized spacial score (nSPS) is 20.9. The van der Waals surface area contributed by atoms with Gasteiger partial charge in [0, 0.05) is 37.5 Å². The molecule has 9 heteroatoms. The zero-order valence-electron chi connectivity index (χ0n) is 22.0. The lowest BCUT2D eigenvalue weighted by Crippen LogP contribution is -2.54. The third-order valence-electron chi connectivity index (χ3n) is 6.98. The van der Waals surface area contributed by atoms with Crippen molar-refractivity contribution >= 4 is 23.8 Å². The molecule has 1 N–H and O–H groups in total. The monoisotopic (exact) mass is 514 g/mol. The van der Waals surface area contributed by atoms with Crippen LogP contribution in [0.1, 0.15) is 57.9 Å². The number of allylic oxidation sites excluding steroid dienone is 1. The molecule has 0 aliphatic carbocycles. The molecule has 1 aromatic carbocycles. The van der Waals surface area contributed by atoms with E-state index in [2.05, 4.69) is 5.32 Å². The molecule has 2 aliphatic rings. The number of para-hydroxylation sites is 1. The molecule has 2 amide bonds. The van der Waals surface area contributed by atoms with Gasteiger partial charge in [0.05, 0.1) is 20.3 Å². The molecule has 1 saturated heterocycles. The smallest absolute Gasteiger partial charge is 0.318 e. The molecule has 0 unspecified atom stereocenters. The summed E-state index contributed by atoms with van der Waals surface area (Å²) in [6.45, 7) is 4.74. The van der Waals surface area contributed by atoms with Gasteiger partial charge in [-0.05, 0) is 57.6 Å². The second-order valence-electron chi connectivity index (χ2n) is 9.35. The van der Waals surface area contributed by atoms with E-state index in [0.717, 1.165) is 24.2 Å². The quantitative estimate of drug-likeness (QED) is 0.427. The summed E-state index contributed by atoms with van der Waals surface area (Å²) in [4.78, 5) is 53.6. The van der Waals surface area contributed by atoms with Gasteiger partial charge in [-0.1, -0.05) is 24.3 Å². The van der Waals surface area contributed by atoms with Crippen molar-refractivity contribution in [1.82, 2.24) is 10.2 Å². The van der Waals surface area contributed by atoms with Crippen molar-refractivity contribution in [3.63, 3.8) is 0 Å². The van der Waals surface area contributed by atoms with Crippen LogP contribution >= 0.6 is 0 Å². The Labute approximate surface area is 218 Å². The minimum absolute atomic E-state index is 0.0177. The molecule has 9 nitrogen and oxygen atoms in total. The number of benzene rings is 1. The predicted molar refractivity (Wildman–Crippen MR) is 136 cm³/mol. The third-order valence-corrected chi connectivity index (χ3v) is 6.98. The Morgan fingerprint density at radius 2 is 1.89 bits per heavy atom. The van der Waals surface area contributed by atoms with Crippen molar-refractivity contribution in [3.8, 4) is 5.75 Å². The van der Waals surface area contributed by atoms with E-state index in [-0.39, 0.29) is 50.7 Å². The number of methoxy groups -OCH3 is 1. The Morgan fingerprint density at radius 3 is 2.62 bits per heavy atom. The molecule has 2 heterocycles. The lowest BCUT2D eigenvalue weighted by atomic mass is 9.67. The van der Waals surface area contributed by atoms with Crippen LogP contribution in [0.2, 0.25) is 0 Å². The first-order valence-electron chi connectivity index (χ1n) is 13.1. The van der Waals surface area contributed by atoms with Gasteiger partial charge in [-0.3, -0.25) is 19.2 Å². The lowest BCUT2D eigenvalue weighted by Gasteiger charge is -2.47. The Morgan fingerprint density at radius 1 is 1.14 bits per heavy atom. The number of amides is 2. The van der Waals surface area contributed by atoms with Crippen LogP contribution in [0.5, 0.6) is 5.75 Å². The highest BCUT2D eigenvalue weighted by Crippen LogP contribution is 2.49. The number of hydrogen-bond acceptors (Lipinski definition) is 7. The fourth-order valence-corrected chi connectivity index (χ4v) is 5.27. The van der Waals surface area contributed by atoms with Crippen LogP contribution in [-0.2, 0) is 35.1 Å². The van der Waals surface area contributed by atoms with E-state index in [4.69, 9.17) is 14.2 Å². The molecule has 0 bridgehead atoms. The molecule has 2 aliphatic heterocycles. The predicted octanol–water partition coefficient (Wildman–Crippen LogP) is 3.16. The van der Waals surface area contributed by atoms with Crippen molar-refractivity contribution in [3.05, 3.63) is 41.6 Å². The fourth-order valence-electron chi connectivity index (χ4n) is 5.27. The number of carbonyl (C=O) groups is 4. The molecule has 0 aromatic heterocycles. The SMILES string of the molecule is CCOC(=O)CC[C@@]1(C(=O)OCC)C[C@@H](CC(=O)NCCc2ccccc2OC)C(=O)N2CCCC=C21. The summed E-state index contributed by atoms with van der Waals surface area (Å²) < 4.78 is 15.9. The highest BCUT2D eigenvalue weighted by Gasteiger charge is 2.54. The summed E-state index contributed by atoms with van der Waals surface area (Å²) in [6.07, 6.45) is 4.24. The summed E-state index contributed by atoms with van der Waals surface area (Å²) in [5.41, 5.74) is 0.390. The highest BCUT2D eigenvalue weighted by molar-refractivity contribution is 5.92. The van der Waals surface area contributed by atoms with Gasteiger partial charge in [0.25, 0.3) is 0 Å². The maximum Gasteiger partial charge on any atom is 0.318 e. The zero-order valence-corrected chi connectivity index (χ0v) is 22.0. The number of nitrogens with zero attached hydrogens (tertiary/aromatic N) is 1. The van der Waals surface area contributed by atoms with E-state index in [1.807, 2.05) is 30.3 Å². The number of piperidine rings is 1. The second kappa shape index (κ2) is 13.3. The minimum atomic E-state index is -1.18. The van der Waals surface area contributed by atoms with Crippen molar-refractivity contribution in [2.45, 2.75) is 58.8 Å². The van der Waals surface area contributed by atoms with Crippen LogP contribution in [0.4, 0.5) is 0 Å². The third kappa shape index (κ3) is 6.70. The summed E-state index contributed by atoms with van der Waals surface area (Å²) in [5, 5.41) is 2.90. The van der Waals surface area contributed by atoms with E-state index in [1.165, 1.54) is 0 Å². The van der Waals surface area contributed by atoms with E-state index < -0.39 is 23.3 Å². The first-order chi connectivity index (χ1) is 17.9. The van der Waals surface area contributed by atoms with Gasteiger partial charge in [-0.15, -0.1) is 0 Å². The molecule has 1 aromatic rings. The Kier molecular flexibility index (Phi) is 10.1. The van der Waals surface area contributed by atoms with Crippen LogP contribution in [0.15, 0.2) is 36.0 Å². The van der Waals surface area contributed by atoms with Crippen LogP contribution < -0.4 is 10.1 Å². The van der Waals surface area contributed by atoms with E-state index in [1.54, 1.807) is 25.9 Å². The Bertz CT molecular complexity index is 1020. The van der Waals surface area contributed by atoms with Gasteiger partial charge in [0.1, 0.15) is 11.2 Å². The molecular weight excluding hydrogens is 476 g/mol. The van der Waals surface area contributed by atoms with Crippen LogP contribution in [0.25, 0.3) is 0 Å². The first-order valence-corrected chi connectivity index (χ1v) is 13.1. The number of rotatable bonds is 12. The molecule has 202 valence electrons. The largest absolute Gasteiger partial charge is 0.496 e. The van der Waals surface area contributed by atoms with Gasteiger partial charge in [0.15, 0.2) is 0 Å². The number of carbonyl (C=O) groups excluding carboxylic acids is 4. The maximum absolute atomic E-state index is 13.4. The van der Waals surface area contributed by atoms with Gasteiger partial charge in [-0.25, -0.2) is 0 Å². The van der Waals surface area contributed by atoms with E-state index >= 15 is 0 Å². The first kappa shape index (κ1) is 28.2. The topological polar surface area (TPSA) is 111 Å². The molecule has 37 heavy (non-hydrogen) atoms. The van der Waals surface area contributed by atoms with E-state index in [0.29, 0.717) is 25.2 Å². The second-order valence-corrected chi connectivity index (χ2v) is 9.35. The standard InChI is InChI=1S/C28H38N2O7/c1-4-36-25(32)13-15-28(27(34)37-5-2)19-21(26(33)30-17-9-8-12-23(28)30)18-24(31)29-16-14-20-10-6-7-11-22(20)35-3/h6-7,10-12,21H,4-5,8-9,13-19H2,1-3H3,(H,29,31)/t21-,28-/m1/s1. The number of ether oxygens (including phenoxy) is 3. The zero-order chi connectivity index (χ0) is 26.8. The summed E-state index contributed by atoms with van der Waals surface area (Å²) in [5.74, 6) is -1.25. The molecule has 2 atom stereocenters. The summed E-state index contributed by atoms with van der Waals surface area (Å²) in [6, 6.07) is 7.61. The molecule has 0 radical (unpaired) electrons. The summed E-state index contributed by atoms with van der Waals surface area (Å²) >= 11 is 0. The Hall–Kier alpha value is -3.36. The summed E-state index contributed by atoms with van der Waals surface area (Å²) in [7, 11) is 1.60. The molecule has 0 spiro atoms. The van der Waals surface area contributed by atoms with Crippen molar-refractivity contribution in [2.75, 3.05) is 33.4 Å². The molecule has 3 rings (SSSR count). The fraction of sp³-hybridized carbons (Fsp3) is 0.571. The van der Waals surface area contributed by atoms with Gasteiger partial charge in [0.2, 0.25) is 11.8 Å². The molecule has 1 fully saturated rings. The van der Waals surface area contributed by atoms with Crippen molar-refractivity contribution in [1.29, 1.82) is 0 Å². The highest BCUT2D eigenvalue weighted by atomic mass is 16.5. The Balaban J connectivity index is 1.76. The van der Waals surface area contributed by atoms with Crippen LogP contribution in [0, 0.1) is 11.3 Å². The van der Waals surface area contributed by atoms with Crippen molar-refractivity contribution in [2.24, 2.45) is 11.3 Å².